The number of aldehydes is 1. The highest BCUT2D eigenvalue weighted by atomic mass is 19.1. The normalized spacial score (nSPS) is 9.91. The van der Waals surface area contributed by atoms with Gasteiger partial charge in [-0.25, -0.2) is 4.39 Å². The maximum atomic E-state index is 12.8. The lowest BCUT2D eigenvalue weighted by atomic mass is 10.2. The van der Waals surface area contributed by atoms with Crippen LogP contribution in [0.15, 0.2) is 42.5 Å². The molecule has 0 atom stereocenters. The third kappa shape index (κ3) is 4.05. The van der Waals surface area contributed by atoms with Crippen LogP contribution in [0.5, 0.6) is 11.5 Å². The second-order valence-corrected chi connectivity index (χ2v) is 4.37. The Morgan fingerprint density at radius 1 is 1.18 bits per heavy atom. The van der Waals surface area contributed by atoms with Crippen LogP contribution in [0, 0.1) is 5.82 Å². The van der Waals surface area contributed by atoms with Gasteiger partial charge in [0.15, 0.2) is 18.1 Å². The molecule has 0 unspecified atom stereocenters. The van der Waals surface area contributed by atoms with Gasteiger partial charge in [-0.05, 0) is 42.5 Å². The highest BCUT2D eigenvalue weighted by Gasteiger charge is 2.09. The van der Waals surface area contributed by atoms with Gasteiger partial charge in [-0.2, -0.15) is 0 Å². The Morgan fingerprint density at radius 2 is 1.91 bits per heavy atom. The van der Waals surface area contributed by atoms with Crippen LogP contribution >= 0.6 is 0 Å². The topological polar surface area (TPSA) is 64.6 Å². The number of halogens is 1. The number of amides is 1. The summed E-state index contributed by atoms with van der Waals surface area (Å²) in [5, 5.41) is 2.56. The summed E-state index contributed by atoms with van der Waals surface area (Å²) in [6.45, 7) is -0.268. The van der Waals surface area contributed by atoms with Crippen molar-refractivity contribution in [1.29, 1.82) is 0 Å². The van der Waals surface area contributed by atoms with Crippen molar-refractivity contribution >= 4 is 17.9 Å². The molecule has 1 N–H and O–H groups in total. The Balaban J connectivity index is 1.98. The van der Waals surface area contributed by atoms with E-state index in [1.165, 1.54) is 37.4 Å². The SMILES string of the molecule is COc1ccc(C=O)cc1OCC(=O)Nc1ccc(F)cc1. The zero-order valence-corrected chi connectivity index (χ0v) is 11.8. The maximum absolute atomic E-state index is 12.8. The molecule has 5 nitrogen and oxygen atoms in total. The summed E-state index contributed by atoms with van der Waals surface area (Å²) in [6.07, 6.45) is 0.672. The average molecular weight is 303 g/mol. The molecule has 114 valence electrons. The molecular formula is C16H14FNO4. The van der Waals surface area contributed by atoms with Crippen LogP contribution in [0.4, 0.5) is 10.1 Å². The van der Waals surface area contributed by atoms with Crippen LogP contribution in [-0.2, 0) is 4.79 Å². The van der Waals surface area contributed by atoms with Crippen molar-refractivity contribution in [1.82, 2.24) is 0 Å². The monoisotopic (exact) mass is 303 g/mol. The Morgan fingerprint density at radius 3 is 2.55 bits per heavy atom. The zero-order valence-electron chi connectivity index (χ0n) is 11.8. The fourth-order valence-electron chi connectivity index (χ4n) is 1.75. The molecule has 2 aromatic carbocycles. The molecule has 0 aromatic heterocycles. The van der Waals surface area contributed by atoms with E-state index in [1.54, 1.807) is 12.1 Å². The van der Waals surface area contributed by atoms with Gasteiger partial charge >= 0.3 is 0 Å². The molecule has 0 spiro atoms. The molecule has 2 aromatic rings. The van der Waals surface area contributed by atoms with Crippen molar-refractivity contribution in [3.63, 3.8) is 0 Å². The number of methoxy groups -OCH3 is 1. The maximum Gasteiger partial charge on any atom is 0.262 e. The predicted octanol–water partition coefficient (Wildman–Crippen LogP) is 2.66. The van der Waals surface area contributed by atoms with Crippen LogP contribution in [0.3, 0.4) is 0 Å². The number of anilines is 1. The molecule has 0 heterocycles. The highest BCUT2D eigenvalue weighted by molar-refractivity contribution is 5.91. The van der Waals surface area contributed by atoms with Crippen molar-refractivity contribution in [3.05, 3.63) is 53.8 Å². The van der Waals surface area contributed by atoms with Crippen LogP contribution in [0.1, 0.15) is 10.4 Å². The number of carbonyl (C=O) groups excluding carboxylic acids is 2. The van der Waals surface area contributed by atoms with Crippen molar-refractivity contribution in [2.24, 2.45) is 0 Å². The molecule has 1 amide bonds. The molecule has 0 aliphatic carbocycles. The van der Waals surface area contributed by atoms with Gasteiger partial charge in [0.25, 0.3) is 5.91 Å². The number of carbonyl (C=O) groups is 2. The lowest BCUT2D eigenvalue weighted by Crippen LogP contribution is -2.20. The largest absolute Gasteiger partial charge is 0.493 e. The molecule has 6 heteroatoms. The molecule has 0 radical (unpaired) electrons. The van der Waals surface area contributed by atoms with Gasteiger partial charge in [0.05, 0.1) is 7.11 Å². The molecular weight excluding hydrogens is 289 g/mol. The van der Waals surface area contributed by atoms with Gasteiger partial charge in [-0.1, -0.05) is 0 Å². The quantitative estimate of drug-likeness (QED) is 0.833. The Kier molecular flexibility index (Phi) is 5.08. The lowest BCUT2D eigenvalue weighted by Gasteiger charge is -2.11. The summed E-state index contributed by atoms with van der Waals surface area (Å²) in [4.78, 5) is 22.5. The first-order valence-corrected chi connectivity index (χ1v) is 6.44. The average Bonchev–Trinajstić information content (AvgIpc) is 2.54. The number of hydrogen-bond donors (Lipinski definition) is 1. The van der Waals surface area contributed by atoms with Gasteiger partial charge in [0.2, 0.25) is 0 Å². The first-order valence-electron chi connectivity index (χ1n) is 6.44. The zero-order chi connectivity index (χ0) is 15.9. The summed E-state index contributed by atoms with van der Waals surface area (Å²) < 4.78 is 23.2. The molecule has 2 rings (SSSR count). The first kappa shape index (κ1) is 15.5. The van der Waals surface area contributed by atoms with Crippen LogP contribution in [-0.4, -0.2) is 25.9 Å². The van der Waals surface area contributed by atoms with E-state index in [9.17, 15) is 14.0 Å². The van der Waals surface area contributed by atoms with Crippen LogP contribution < -0.4 is 14.8 Å². The van der Waals surface area contributed by atoms with Gasteiger partial charge in [0.1, 0.15) is 12.1 Å². The molecule has 0 fully saturated rings. The van der Waals surface area contributed by atoms with E-state index in [0.717, 1.165) is 0 Å². The van der Waals surface area contributed by atoms with Crippen LogP contribution in [0.25, 0.3) is 0 Å². The number of benzene rings is 2. The van der Waals surface area contributed by atoms with Crippen molar-refractivity contribution in [2.75, 3.05) is 19.0 Å². The predicted molar refractivity (Wildman–Crippen MR) is 78.9 cm³/mol. The van der Waals surface area contributed by atoms with Gasteiger partial charge in [-0.3, -0.25) is 9.59 Å². The summed E-state index contributed by atoms with van der Waals surface area (Å²) >= 11 is 0. The second kappa shape index (κ2) is 7.21. The van der Waals surface area contributed by atoms with E-state index in [4.69, 9.17) is 9.47 Å². The van der Waals surface area contributed by atoms with E-state index >= 15 is 0 Å². The number of ether oxygens (including phenoxy) is 2. The van der Waals surface area contributed by atoms with E-state index in [0.29, 0.717) is 29.0 Å². The molecule has 0 saturated heterocycles. The third-order valence-electron chi connectivity index (χ3n) is 2.81. The number of nitrogens with one attached hydrogen (secondary N) is 1. The van der Waals surface area contributed by atoms with Gasteiger partial charge in [0, 0.05) is 11.3 Å². The van der Waals surface area contributed by atoms with Gasteiger partial charge < -0.3 is 14.8 Å². The van der Waals surface area contributed by atoms with Crippen molar-refractivity contribution in [2.45, 2.75) is 0 Å². The smallest absolute Gasteiger partial charge is 0.262 e. The van der Waals surface area contributed by atoms with E-state index < -0.39 is 5.91 Å². The van der Waals surface area contributed by atoms with Crippen LogP contribution in [0.2, 0.25) is 0 Å². The molecule has 0 aliphatic rings. The van der Waals surface area contributed by atoms with Gasteiger partial charge in [-0.15, -0.1) is 0 Å². The number of rotatable bonds is 6. The minimum atomic E-state index is -0.412. The summed E-state index contributed by atoms with van der Waals surface area (Å²) in [5.41, 5.74) is 0.873. The summed E-state index contributed by atoms with van der Waals surface area (Å²) in [6, 6.07) is 10.0. The lowest BCUT2D eigenvalue weighted by molar-refractivity contribution is -0.118. The molecule has 0 aliphatic heterocycles. The molecule has 0 bridgehead atoms. The van der Waals surface area contributed by atoms with Crippen molar-refractivity contribution < 1.29 is 23.5 Å². The van der Waals surface area contributed by atoms with E-state index in [1.807, 2.05) is 0 Å². The first-order chi connectivity index (χ1) is 10.6. The van der Waals surface area contributed by atoms with E-state index in [2.05, 4.69) is 5.32 Å². The Bertz CT molecular complexity index is 670. The number of hydrogen-bond acceptors (Lipinski definition) is 4. The fourth-order valence-corrected chi connectivity index (χ4v) is 1.75. The standard InChI is InChI=1S/C16H14FNO4/c1-21-14-7-2-11(9-19)8-15(14)22-10-16(20)18-13-5-3-12(17)4-6-13/h2-9H,10H2,1H3,(H,18,20). The fraction of sp³-hybridized carbons (Fsp3) is 0.125. The highest BCUT2D eigenvalue weighted by Crippen LogP contribution is 2.27. The van der Waals surface area contributed by atoms with E-state index in [-0.39, 0.29) is 12.4 Å². The molecule has 22 heavy (non-hydrogen) atoms. The molecule has 0 saturated carbocycles. The second-order valence-electron chi connectivity index (χ2n) is 4.37. The minimum absolute atomic E-state index is 0.268. The van der Waals surface area contributed by atoms with Crippen molar-refractivity contribution in [3.8, 4) is 11.5 Å². The summed E-state index contributed by atoms with van der Waals surface area (Å²) in [5.74, 6) is -0.0867. The summed E-state index contributed by atoms with van der Waals surface area (Å²) in [7, 11) is 1.46. The Hall–Kier alpha value is -2.89. The minimum Gasteiger partial charge on any atom is -0.493 e. The third-order valence-corrected chi connectivity index (χ3v) is 2.81. The Labute approximate surface area is 126 Å².